The van der Waals surface area contributed by atoms with E-state index in [1.165, 1.54) is 225 Å². The topological polar surface area (TPSA) is 111 Å². The number of quaternary nitrogens is 1. The van der Waals surface area contributed by atoms with E-state index in [9.17, 15) is 19.0 Å². The summed E-state index contributed by atoms with van der Waals surface area (Å²) in [4.78, 5) is 37.7. The van der Waals surface area contributed by atoms with Crippen molar-refractivity contribution in [2.24, 2.45) is 0 Å². The van der Waals surface area contributed by atoms with Gasteiger partial charge in [0.1, 0.15) is 19.8 Å². The van der Waals surface area contributed by atoms with Crippen molar-refractivity contribution in [2.75, 3.05) is 47.5 Å². The predicted molar refractivity (Wildman–Crippen MR) is 319 cm³/mol. The lowest BCUT2D eigenvalue weighted by Gasteiger charge is -2.28. The van der Waals surface area contributed by atoms with Crippen molar-refractivity contribution in [3.8, 4) is 0 Å². The zero-order chi connectivity index (χ0) is 54.9. The summed E-state index contributed by atoms with van der Waals surface area (Å²) in [7, 11) is 1.13. The molecule has 75 heavy (non-hydrogen) atoms. The van der Waals surface area contributed by atoms with Gasteiger partial charge in [0.15, 0.2) is 6.10 Å². The van der Waals surface area contributed by atoms with Gasteiger partial charge in [-0.15, -0.1) is 0 Å². The fraction of sp³-hybridized carbons (Fsp3) is 0.846. The number of carbonyl (C=O) groups is 2. The molecule has 0 radical (unpaired) electrons. The summed E-state index contributed by atoms with van der Waals surface area (Å²) in [6, 6.07) is 0. The number of likely N-dealkylation sites (N-methyl/N-ethyl adjacent to an activating group) is 1. The zero-order valence-corrected chi connectivity index (χ0v) is 50.9. The van der Waals surface area contributed by atoms with Gasteiger partial charge in [0.2, 0.25) is 0 Å². The maximum absolute atomic E-state index is 12.7. The molecular formula is C65H122NO8P. The molecule has 0 aliphatic rings. The quantitative estimate of drug-likeness (QED) is 0.0195. The third-order valence-electron chi connectivity index (χ3n) is 14.1. The van der Waals surface area contributed by atoms with Gasteiger partial charge >= 0.3 is 11.9 Å². The number of esters is 2. The number of hydrogen-bond acceptors (Lipinski definition) is 8. The Morgan fingerprint density at radius 3 is 1.11 bits per heavy atom. The minimum absolute atomic E-state index is 0.0433. The molecule has 0 N–H and O–H groups in total. The minimum atomic E-state index is -4.65. The van der Waals surface area contributed by atoms with Crippen molar-refractivity contribution >= 4 is 19.8 Å². The van der Waals surface area contributed by atoms with Crippen molar-refractivity contribution in [3.05, 3.63) is 48.6 Å². The first-order valence-corrected chi connectivity index (χ1v) is 33.3. The van der Waals surface area contributed by atoms with Crippen LogP contribution < -0.4 is 4.89 Å². The Bertz CT molecular complexity index is 1410. The van der Waals surface area contributed by atoms with Crippen molar-refractivity contribution in [2.45, 2.75) is 309 Å². The average Bonchev–Trinajstić information content (AvgIpc) is 3.37. The fourth-order valence-electron chi connectivity index (χ4n) is 9.26. The minimum Gasteiger partial charge on any atom is -0.756 e. The molecule has 0 fully saturated rings. The van der Waals surface area contributed by atoms with Crippen LogP contribution in [0.25, 0.3) is 0 Å². The second-order valence-corrected chi connectivity index (χ2v) is 24.2. The van der Waals surface area contributed by atoms with Crippen LogP contribution >= 0.6 is 7.82 Å². The highest BCUT2D eigenvalue weighted by Crippen LogP contribution is 2.38. The van der Waals surface area contributed by atoms with Crippen LogP contribution in [0, 0.1) is 0 Å². The average molecular weight is 1080 g/mol. The van der Waals surface area contributed by atoms with Crippen molar-refractivity contribution in [3.63, 3.8) is 0 Å². The maximum atomic E-state index is 12.7. The molecule has 0 amide bonds. The molecule has 440 valence electrons. The van der Waals surface area contributed by atoms with Crippen LogP contribution in [-0.4, -0.2) is 70.0 Å². The van der Waals surface area contributed by atoms with E-state index in [4.69, 9.17) is 18.5 Å². The van der Waals surface area contributed by atoms with Gasteiger partial charge in [0.05, 0.1) is 27.7 Å². The Labute approximate surface area is 464 Å². The molecule has 0 heterocycles. The Balaban J connectivity index is 3.86. The van der Waals surface area contributed by atoms with Crippen LogP contribution in [0.5, 0.6) is 0 Å². The Hall–Kier alpha value is -2.03. The maximum Gasteiger partial charge on any atom is 0.306 e. The molecule has 0 aromatic heterocycles. The highest BCUT2D eigenvalue weighted by atomic mass is 31.2. The largest absolute Gasteiger partial charge is 0.756 e. The predicted octanol–water partition coefficient (Wildman–Crippen LogP) is 19.5. The molecule has 10 heteroatoms. The number of carbonyl (C=O) groups excluding carboxylic acids is 2. The van der Waals surface area contributed by atoms with Crippen molar-refractivity contribution in [1.29, 1.82) is 0 Å². The fourth-order valence-corrected chi connectivity index (χ4v) is 9.99. The van der Waals surface area contributed by atoms with E-state index in [0.29, 0.717) is 17.4 Å². The summed E-state index contributed by atoms with van der Waals surface area (Å²) in [6.07, 6.45) is 72.5. The van der Waals surface area contributed by atoms with E-state index in [2.05, 4.69) is 50.3 Å². The summed E-state index contributed by atoms with van der Waals surface area (Å²) in [5.74, 6) is -0.919. The molecule has 0 saturated carbocycles. The molecule has 0 aliphatic carbocycles. The van der Waals surface area contributed by atoms with E-state index in [0.717, 1.165) is 44.9 Å². The summed E-state index contributed by atoms with van der Waals surface area (Å²) < 4.78 is 34.0. The highest BCUT2D eigenvalue weighted by molar-refractivity contribution is 7.45. The highest BCUT2D eigenvalue weighted by Gasteiger charge is 2.21. The Kier molecular flexibility index (Phi) is 55.1. The van der Waals surface area contributed by atoms with Crippen LogP contribution in [0.4, 0.5) is 0 Å². The van der Waals surface area contributed by atoms with E-state index in [-0.39, 0.29) is 26.1 Å². The van der Waals surface area contributed by atoms with Gasteiger partial charge in [-0.3, -0.25) is 14.2 Å². The first kappa shape index (κ1) is 73.0. The molecule has 0 aromatic rings. The molecule has 0 rings (SSSR count). The van der Waals surface area contributed by atoms with Crippen LogP contribution in [0.1, 0.15) is 303 Å². The van der Waals surface area contributed by atoms with E-state index < -0.39 is 32.5 Å². The summed E-state index contributed by atoms with van der Waals surface area (Å²) >= 11 is 0. The third-order valence-corrected chi connectivity index (χ3v) is 15.1. The number of ether oxygens (including phenoxy) is 2. The molecule has 9 nitrogen and oxygen atoms in total. The molecule has 0 spiro atoms. The number of allylic oxidation sites excluding steroid dienone is 8. The number of rotatable bonds is 59. The lowest BCUT2D eigenvalue weighted by atomic mass is 10.0. The van der Waals surface area contributed by atoms with Crippen molar-refractivity contribution < 1.29 is 42.1 Å². The molecule has 2 unspecified atom stereocenters. The van der Waals surface area contributed by atoms with Gasteiger partial charge in [-0.25, -0.2) is 0 Å². The van der Waals surface area contributed by atoms with Gasteiger partial charge in [-0.2, -0.15) is 0 Å². The van der Waals surface area contributed by atoms with Gasteiger partial charge in [-0.1, -0.05) is 300 Å². The Morgan fingerprint density at radius 1 is 0.427 bits per heavy atom. The van der Waals surface area contributed by atoms with Crippen LogP contribution in [0.15, 0.2) is 48.6 Å². The second-order valence-electron chi connectivity index (χ2n) is 22.8. The molecule has 0 aliphatic heterocycles. The van der Waals surface area contributed by atoms with E-state index in [1.807, 2.05) is 33.3 Å². The summed E-state index contributed by atoms with van der Waals surface area (Å²) in [6.45, 7) is 4.07. The molecule has 0 saturated heterocycles. The SMILES string of the molecule is CC/C=C\C/C=C\C/C=C\C/C=C\CCC(=O)OC(COC(=O)CCCCCCCCCCCCCCCCCCCCCCCCCCCCCCCCCCCCCCCC)COP(=O)([O-])OCC[N+](C)(C)C. The van der Waals surface area contributed by atoms with Crippen molar-refractivity contribution in [1.82, 2.24) is 0 Å². The van der Waals surface area contributed by atoms with Crippen LogP contribution in [0.2, 0.25) is 0 Å². The summed E-state index contributed by atoms with van der Waals surface area (Å²) in [5.41, 5.74) is 0. The molecule has 0 bridgehead atoms. The lowest BCUT2D eigenvalue weighted by Crippen LogP contribution is -2.37. The number of phosphoric ester groups is 1. The number of hydrogen-bond donors (Lipinski definition) is 0. The Morgan fingerprint density at radius 2 is 0.760 bits per heavy atom. The number of unbranched alkanes of at least 4 members (excludes halogenated alkanes) is 37. The second kappa shape index (κ2) is 56.7. The first-order valence-electron chi connectivity index (χ1n) is 31.8. The third kappa shape index (κ3) is 61.1. The van der Waals surface area contributed by atoms with E-state index >= 15 is 0 Å². The van der Waals surface area contributed by atoms with E-state index in [1.54, 1.807) is 0 Å². The molecular weight excluding hydrogens is 954 g/mol. The number of nitrogens with zero attached hydrogens (tertiary/aromatic N) is 1. The molecule has 2 atom stereocenters. The van der Waals surface area contributed by atoms with Gasteiger partial charge in [0, 0.05) is 12.8 Å². The van der Waals surface area contributed by atoms with Gasteiger partial charge < -0.3 is 27.9 Å². The molecule has 0 aromatic carbocycles. The lowest BCUT2D eigenvalue weighted by molar-refractivity contribution is -0.870. The van der Waals surface area contributed by atoms with Crippen LogP contribution in [0.3, 0.4) is 0 Å². The monoisotopic (exact) mass is 1080 g/mol. The first-order chi connectivity index (χ1) is 36.5. The smallest absolute Gasteiger partial charge is 0.306 e. The van der Waals surface area contributed by atoms with Gasteiger partial charge in [-0.05, 0) is 38.5 Å². The summed E-state index contributed by atoms with van der Waals surface area (Å²) in [5, 5.41) is 0. The number of phosphoric acid groups is 1. The zero-order valence-electron chi connectivity index (χ0n) is 50.0. The normalized spacial score (nSPS) is 13.5. The standard InChI is InChI=1S/C65H122NO8P/c1-6-8-10-12-14-16-18-20-21-22-23-24-25-26-27-28-29-30-31-32-33-34-35-36-37-38-39-40-41-42-43-44-46-47-49-51-53-55-57-64(67)71-61-63(62-73-75(69,70)72-60-59-66(3,4)5)74-65(68)58-56-54-52-50-48-45-19-17-15-13-11-9-7-2/h9,11,15,17,45,48,52,54,63H,6-8,10,12-14,16,18-44,46-47,49-51,53,55-62H2,1-5H3/b11-9-,17-15-,48-45-,54-52-. The van der Waals surface area contributed by atoms with Crippen LogP contribution in [-0.2, 0) is 32.7 Å². The van der Waals surface area contributed by atoms with Gasteiger partial charge in [0.25, 0.3) is 7.82 Å².